The van der Waals surface area contributed by atoms with Crippen LogP contribution in [-0.4, -0.2) is 42.4 Å². The summed E-state index contributed by atoms with van der Waals surface area (Å²) in [6.07, 6.45) is 0.568. The van der Waals surface area contributed by atoms with E-state index in [9.17, 15) is 9.36 Å². The lowest BCUT2D eigenvalue weighted by Gasteiger charge is -2.31. The lowest BCUT2D eigenvalue weighted by atomic mass is 9.96. The molecule has 2 atom stereocenters. The van der Waals surface area contributed by atoms with Gasteiger partial charge in [-0.15, -0.1) is 0 Å². The van der Waals surface area contributed by atoms with Crippen molar-refractivity contribution in [2.24, 2.45) is 0 Å². The maximum absolute atomic E-state index is 12.4. The predicted octanol–water partition coefficient (Wildman–Crippen LogP) is 2.47. The van der Waals surface area contributed by atoms with Gasteiger partial charge < -0.3 is 19.1 Å². The Bertz CT molecular complexity index is 477. The minimum Gasteiger partial charge on any atom is -0.464 e. The van der Waals surface area contributed by atoms with E-state index in [1.165, 1.54) is 0 Å². The smallest absolute Gasteiger partial charge is 0.338 e. The molecule has 1 rings (SSSR count). The molecule has 124 valence electrons. The van der Waals surface area contributed by atoms with E-state index < -0.39 is 25.7 Å². The highest BCUT2D eigenvalue weighted by molar-refractivity contribution is 7.44. The molecule has 22 heavy (non-hydrogen) atoms. The molecule has 2 unspecified atom stereocenters. The van der Waals surface area contributed by atoms with E-state index in [1.807, 2.05) is 30.3 Å². The van der Waals surface area contributed by atoms with Crippen LogP contribution in [0.25, 0.3) is 0 Å². The lowest BCUT2D eigenvalue weighted by molar-refractivity contribution is -0.169. The minimum absolute atomic E-state index is 0.00761. The van der Waals surface area contributed by atoms with Gasteiger partial charge in [-0.2, -0.15) is 0 Å². The van der Waals surface area contributed by atoms with Crippen molar-refractivity contribution in [1.29, 1.82) is 0 Å². The van der Waals surface area contributed by atoms with Gasteiger partial charge in [-0.3, -0.25) is 0 Å². The molecular formula is C16H25O5P. The summed E-state index contributed by atoms with van der Waals surface area (Å²) in [5.74, 6) is -0.500. The zero-order chi connectivity index (χ0) is 16.4. The van der Waals surface area contributed by atoms with Crippen LogP contribution in [-0.2, 0) is 25.3 Å². The number of esters is 1. The van der Waals surface area contributed by atoms with Crippen molar-refractivity contribution in [2.75, 3.05) is 25.7 Å². The van der Waals surface area contributed by atoms with Gasteiger partial charge in [0.1, 0.15) is 7.80 Å². The van der Waals surface area contributed by atoms with Crippen LogP contribution in [0.2, 0.25) is 0 Å². The summed E-state index contributed by atoms with van der Waals surface area (Å²) < 4.78 is 22.7. The molecule has 0 heterocycles. The maximum Gasteiger partial charge on any atom is 0.338 e. The van der Waals surface area contributed by atoms with E-state index in [2.05, 4.69) is 0 Å². The molecule has 1 aromatic rings. The van der Waals surface area contributed by atoms with E-state index in [1.54, 1.807) is 13.8 Å². The van der Waals surface area contributed by atoms with Crippen molar-refractivity contribution >= 4 is 13.8 Å². The summed E-state index contributed by atoms with van der Waals surface area (Å²) >= 11 is 0. The molecule has 0 saturated heterocycles. The molecule has 0 aliphatic rings. The van der Waals surface area contributed by atoms with E-state index in [-0.39, 0.29) is 12.8 Å². The fourth-order valence-corrected chi connectivity index (χ4v) is 3.52. The first-order valence-corrected chi connectivity index (χ1v) is 9.38. The van der Waals surface area contributed by atoms with Crippen LogP contribution in [0.15, 0.2) is 30.3 Å². The third-order valence-corrected chi connectivity index (χ3v) is 4.71. The molecule has 0 aliphatic heterocycles. The van der Waals surface area contributed by atoms with Crippen LogP contribution in [0.4, 0.5) is 0 Å². The maximum atomic E-state index is 12.4. The van der Waals surface area contributed by atoms with Crippen LogP contribution in [0.3, 0.4) is 0 Å². The molecular weight excluding hydrogens is 303 g/mol. The second-order valence-electron chi connectivity index (χ2n) is 5.01. The summed E-state index contributed by atoms with van der Waals surface area (Å²) in [6.45, 7) is 4.06. The van der Waals surface area contributed by atoms with Crippen LogP contribution in [0, 0.1) is 0 Å². The molecule has 1 aromatic carbocycles. The van der Waals surface area contributed by atoms with Gasteiger partial charge in [-0.1, -0.05) is 30.3 Å². The van der Waals surface area contributed by atoms with Crippen molar-refractivity contribution in [1.82, 2.24) is 0 Å². The summed E-state index contributed by atoms with van der Waals surface area (Å²) in [7, 11) is -2.29. The number of rotatable bonds is 10. The highest BCUT2D eigenvalue weighted by Gasteiger charge is 2.41. The van der Waals surface area contributed by atoms with Crippen LogP contribution < -0.4 is 0 Å². The van der Waals surface area contributed by atoms with E-state index >= 15 is 0 Å². The average molecular weight is 328 g/mol. The van der Waals surface area contributed by atoms with Gasteiger partial charge in [-0.25, -0.2) is 4.79 Å². The van der Waals surface area contributed by atoms with E-state index in [0.717, 1.165) is 5.56 Å². The van der Waals surface area contributed by atoms with Gasteiger partial charge in [-0.05, 0) is 32.3 Å². The number of aliphatic hydroxyl groups excluding tert-OH is 1. The van der Waals surface area contributed by atoms with E-state index in [4.69, 9.17) is 14.6 Å². The number of aliphatic hydroxyl groups is 1. The molecule has 0 amide bonds. The second kappa shape index (κ2) is 9.78. The lowest BCUT2D eigenvalue weighted by Crippen LogP contribution is -2.46. The molecule has 0 aliphatic carbocycles. The zero-order valence-electron chi connectivity index (χ0n) is 13.2. The number of carbonyl (C=O) groups excluding carboxylic acids is 1. The molecule has 5 nitrogen and oxygen atoms in total. The third-order valence-electron chi connectivity index (χ3n) is 3.39. The van der Waals surface area contributed by atoms with Gasteiger partial charge in [0.25, 0.3) is 0 Å². The molecule has 0 aromatic heterocycles. The average Bonchev–Trinajstić information content (AvgIpc) is 2.54. The quantitative estimate of drug-likeness (QED) is 0.528. The van der Waals surface area contributed by atoms with E-state index in [0.29, 0.717) is 19.4 Å². The Morgan fingerprint density at radius 1 is 1.23 bits per heavy atom. The Balaban J connectivity index is 2.94. The first-order valence-electron chi connectivity index (χ1n) is 7.55. The number of benzene rings is 1. The van der Waals surface area contributed by atoms with Crippen LogP contribution >= 0.6 is 7.80 Å². The summed E-state index contributed by atoms with van der Waals surface area (Å²) in [4.78, 5) is 12.4. The van der Waals surface area contributed by atoms with Gasteiger partial charge >= 0.3 is 5.97 Å². The Labute approximate surface area is 132 Å². The molecule has 1 N–H and O–H groups in total. The number of carbonyl (C=O) groups is 1. The Hall–Kier alpha value is -1.16. The van der Waals surface area contributed by atoms with Gasteiger partial charge in [0.2, 0.25) is 0 Å². The Kier molecular flexibility index (Phi) is 8.39. The number of aryl methyl sites for hydroxylation is 1. The summed E-state index contributed by atoms with van der Waals surface area (Å²) in [5.41, 5.74) is -0.182. The van der Waals surface area contributed by atoms with Gasteiger partial charge in [0.05, 0.1) is 13.0 Å². The second-order valence-corrected chi connectivity index (χ2v) is 6.75. The largest absolute Gasteiger partial charge is 0.464 e. The van der Waals surface area contributed by atoms with Crippen molar-refractivity contribution < 1.29 is 23.9 Å². The Morgan fingerprint density at radius 3 is 2.45 bits per heavy atom. The molecule has 6 heteroatoms. The SMILES string of the molecule is CCOC(=O)C(CCc1ccccc1)(C[PH](=O)CO)OCC. The highest BCUT2D eigenvalue weighted by Crippen LogP contribution is 2.32. The molecule has 0 spiro atoms. The normalized spacial score (nSPS) is 15.0. The molecule has 0 bridgehead atoms. The molecule has 0 radical (unpaired) electrons. The van der Waals surface area contributed by atoms with Crippen LogP contribution in [0.5, 0.6) is 0 Å². The minimum atomic E-state index is -2.29. The number of hydrogen-bond acceptors (Lipinski definition) is 5. The topological polar surface area (TPSA) is 72.8 Å². The number of hydrogen-bond donors (Lipinski definition) is 1. The van der Waals surface area contributed by atoms with Crippen molar-refractivity contribution in [2.45, 2.75) is 32.3 Å². The fourth-order valence-electron chi connectivity index (χ4n) is 2.35. The number of ether oxygens (including phenoxy) is 2. The standard InChI is InChI=1S/C16H25O5P/c1-3-20-15(18)16(21-4-2,12-22(19)13-17)11-10-14-8-6-5-7-9-14/h5-9,17,22H,3-4,10-13H2,1-2H3. The van der Waals surface area contributed by atoms with Crippen molar-refractivity contribution in [3.05, 3.63) is 35.9 Å². The first-order chi connectivity index (χ1) is 10.6. The monoisotopic (exact) mass is 328 g/mol. The fraction of sp³-hybridized carbons (Fsp3) is 0.562. The first kappa shape index (κ1) is 18.9. The van der Waals surface area contributed by atoms with Gasteiger partial charge in [0, 0.05) is 12.8 Å². The van der Waals surface area contributed by atoms with Gasteiger partial charge in [0.15, 0.2) is 5.60 Å². The van der Waals surface area contributed by atoms with Crippen molar-refractivity contribution in [3.8, 4) is 0 Å². The highest BCUT2D eigenvalue weighted by atomic mass is 31.1. The third kappa shape index (κ3) is 5.56. The summed E-state index contributed by atoms with van der Waals surface area (Å²) in [6, 6.07) is 9.72. The van der Waals surface area contributed by atoms with Crippen molar-refractivity contribution in [3.63, 3.8) is 0 Å². The molecule has 0 saturated carbocycles. The zero-order valence-corrected chi connectivity index (χ0v) is 14.2. The Morgan fingerprint density at radius 2 is 1.91 bits per heavy atom. The predicted molar refractivity (Wildman–Crippen MR) is 86.7 cm³/mol. The molecule has 0 fully saturated rings. The van der Waals surface area contributed by atoms with Crippen LogP contribution in [0.1, 0.15) is 25.8 Å². The summed E-state index contributed by atoms with van der Waals surface area (Å²) in [5, 5.41) is 9.09.